The Morgan fingerprint density at radius 1 is 1.14 bits per heavy atom. The van der Waals surface area contributed by atoms with Crippen molar-refractivity contribution >= 4 is 17.9 Å². The molecule has 0 heterocycles. The zero-order chi connectivity index (χ0) is 15.7. The normalized spacial score (nSPS) is 11.3. The van der Waals surface area contributed by atoms with Gasteiger partial charge in [0.15, 0.2) is 6.04 Å². The van der Waals surface area contributed by atoms with Crippen molar-refractivity contribution in [3.05, 3.63) is 35.9 Å². The molecule has 0 unspecified atom stereocenters. The maximum Gasteiger partial charge on any atom is 0.330 e. The highest BCUT2D eigenvalue weighted by molar-refractivity contribution is 5.84. The van der Waals surface area contributed by atoms with Gasteiger partial charge in [-0.15, -0.1) is 0 Å². The lowest BCUT2D eigenvalue weighted by molar-refractivity contribution is -0.139. The number of urea groups is 1. The maximum atomic E-state index is 11.7. The van der Waals surface area contributed by atoms with Crippen molar-refractivity contribution in [2.24, 2.45) is 0 Å². The number of carbonyl (C=O) groups is 3. The minimum Gasteiger partial charge on any atom is -0.479 e. The Bertz CT molecular complexity index is 490. The zero-order valence-electron chi connectivity index (χ0n) is 11.8. The third-order valence-electron chi connectivity index (χ3n) is 2.67. The van der Waals surface area contributed by atoms with Gasteiger partial charge in [0, 0.05) is 19.5 Å². The summed E-state index contributed by atoms with van der Waals surface area (Å²) in [5, 5.41) is 16.6. The second-order valence-electron chi connectivity index (χ2n) is 4.29. The van der Waals surface area contributed by atoms with Crippen LogP contribution in [0.1, 0.15) is 24.9 Å². The van der Waals surface area contributed by atoms with Gasteiger partial charge in [0.25, 0.3) is 0 Å². The summed E-state index contributed by atoms with van der Waals surface area (Å²) in [5.74, 6) is -1.32. The fourth-order valence-electron chi connectivity index (χ4n) is 1.69. The van der Waals surface area contributed by atoms with Crippen LogP contribution in [0.15, 0.2) is 30.3 Å². The average molecular weight is 293 g/mol. The Labute approximate surface area is 122 Å². The molecule has 0 radical (unpaired) electrons. The molecule has 0 fully saturated rings. The number of carboxylic acids is 1. The number of aliphatic carboxylic acids is 1. The van der Waals surface area contributed by atoms with Crippen LogP contribution in [0, 0.1) is 0 Å². The highest BCUT2D eigenvalue weighted by Crippen LogP contribution is 2.12. The maximum absolute atomic E-state index is 11.7. The van der Waals surface area contributed by atoms with Crippen LogP contribution in [-0.2, 0) is 9.59 Å². The van der Waals surface area contributed by atoms with Crippen molar-refractivity contribution in [3.63, 3.8) is 0 Å². The van der Waals surface area contributed by atoms with E-state index in [1.807, 2.05) is 0 Å². The first kappa shape index (κ1) is 16.5. The molecule has 1 aromatic rings. The zero-order valence-corrected chi connectivity index (χ0v) is 11.8. The van der Waals surface area contributed by atoms with Crippen LogP contribution >= 0.6 is 0 Å². The van der Waals surface area contributed by atoms with E-state index in [0.717, 1.165) is 0 Å². The molecular weight excluding hydrogens is 274 g/mol. The monoisotopic (exact) mass is 293 g/mol. The lowest BCUT2D eigenvalue weighted by Crippen LogP contribution is -2.42. The second kappa shape index (κ2) is 8.57. The number of nitrogens with one attached hydrogen (secondary N) is 3. The minimum absolute atomic E-state index is 0.138. The van der Waals surface area contributed by atoms with Gasteiger partial charge in [0.1, 0.15) is 0 Å². The molecule has 0 aliphatic rings. The Kier molecular flexibility index (Phi) is 6.73. The minimum atomic E-state index is -1.15. The molecule has 0 saturated carbocycles. The van der Waals surface area contributed by atoms with Crippen molar-refractivity contribution < 1.29 is 19.5 Å². The first-order chi connectivity index (χ1) is 10.0. The van der Waals surface area contributed by atoms with Gasteiger partial charge in [0.2, 0.25) is 5.91 Å². The van der Waals surface area contributed by atoms with E-state index in [0.29, 0.717) is 12.1 Å². The van der Waals surface area contributed by atoms with Gasteiger partial charge in [-0.1, -0.05) is 30.3 Å². The second-order valence-corrected chi connectivity index (χ2v) is 4.29. The van der Waals surface area contributed by atoms with Crippen molar-refractivity contribution in [2.45, 2.75) is 19.4 Å². The number of carboxylic acid groups (broad SMARTS) is 1. The first-order valence-electron chi connectivity index (χ1n) is 6.63. The van der Waals surface area contributed by atoms with Gasteiger partial charge < -0.3 is 21.1 Å². The fraction of sp³-hybridized carbons (Fsp3) is 0.357. The number of hydrogen-bond donors (Lipinski definition) is 4. The number of rotatable bonds is 7. The van der Waals surface area contributed by atoms with E-state index in [-0.39, 0.29) is 18.9 Å². The van der Waals surface area contributed by atoms with Gasteiger partial charge >= 0.3 is 12.0 Å². The largest absolute Gasteiger partial charge is 0.479 e. The average Bonchev–Trinajstić information content (AvgIpc) is 2.45. The van der Waals surface area contributed by atoms with Crippen molar-refractivity contribution in [1.82, 2.24) is 16.0 Å². The van der Waals surface area contributed by atoms with E-state index in [4.69, 9.17) is 5.11 Å². The summed E-state index contributed by atoms with van der Waals surface area (Å²) in [5.41, 5.74) is 0.476. The van der Waals surface area contributed by atoms with E-state index in [2.05, 4.69) is 16.0 Å². The molecule has 1 rings (SSSR count). The highest BCUT2D eigenvalue weighted by Gasteiger charge is 2.21. The summed E-state index contributed by atoms with van der Waals surface area (Å²) in [6, 6.07) is 6.63. The summed E-state index contributed by atoms with van der Waals surface area (Å²) < 4.78 is 0. The van der Waals surface area contributed by atoms with Crippen molar-refractivity contribution in [1.29, 1.82) is 0 Å². The Morgan fingerprint density at radius 2 is 1.81 bits per heavy atom. The van der Waals surface area contributed by atoms with E-state index in [1.165, 1.54) is 0 Å². The van der Waals surface area contributed by atoms with Gasteiger partial charge in [0.05, 0.1) is 0 Å². The molecule has 3 amide bonds. The predicted octanol–water partition coefficient (Wildman–Crippen LogP) is 0.638. The Morgan fingerprint density at radius 3 is 2.38 bits per heavy atom. The third kappa shape index (κ3) is 5.94. The van der Waals surface area contributed by atoms with Crippen LogP contribution in [0.3, 0.4) is 0 Å². The quantitative estimate of drug-likeness (QED) is 0.591. The Balaban J connectivity index is 2.47. The number of hydrogen-bond acceptors (Lipinski definition) is 3. The fourth-order valence-corrected chi connectivity index (χ4v) is 1.69. The lowest BCUT2D eigenvalue weighted by Gasteiger charge is -2.15. The van der Waals surface area contributed by atoms with Crippen LogP contribution in [0.5, 0.6) is 0 Å². The van der Waals surface area contributed by atoms with Crippen LogP contribution in [-0.4, -0.2) is 36.1 Å². The van der Waals surface area contributed by atoms with Gasteiger partial charge in [-0.05, 0) is 12.5 Å². The summed E-state index contributed by atoms with van der Waals surface area (Å²) in [6.07, 6.45) is 0.143. The van der Waals surface area contributed by atoms with E-state index < -0.39 is 18.0 Å². The molecule has 0 aromatic heterocycles. The summed E-state index contributed by atoms with van der Waals surface area (Å²) in [6.45, 7) is 2.47. The molecule has 0 aliphatic heterocycles. The molecule has 0 bridgehead atoms. The summed E-state index contributed by atoms with van der Waals surface area (Å²) in [4.78, 5) is 34.0. The topological polar surface area (TPSA) is 108 Å². The highest BCUT2D eigenvalue weighted by atomic mass is 16.4. The molecule has 1 atom stereocenters. The molecule has 4 N–H and O–H groups in total. The number of amides is 3. The van der Waals surface area contributed by atoms with Crippen LogP contribution in [0.2, 0.25) is 0 Å². The molecule has 7 heteroatoms. The Hall–Kier alpha value is -2.57. The van der Waals surface area contributed by atoms with Crippen LogP contribution < -0.4 is 16.0 Å². The van der Waals surface area contributed by atoms with E-state index in [9.17, 15) is 14.4 Å². The first-order valence-corrected chi connectivity index (χ1v) is 6.63. The van der Waals surface area contributed by atoms with Crippen LogP contribution in [0.4, 0.5) is 4.79 Å². The number of carbonyl (C=O) groups excluding carboxylic acids is 2. The SMILES string of the molecule is CCNC(=O)CCNC(=O)N[C@@H](C(=O)O)c1ccccc1. The van der Waals surface area contributed by atoms with Crippen molar-refractivity contribution in [2.75, 3.05) is 13.1 Å². The molecule has 0 spiro atoms. The van der Waals surface area contributed by atoms with E-state index in [1.54, 1.807) is 37.3 Å². The lowest BCUT2D eigenvalue weighted by atomic mass is 10.1. The van der Waals surface area contributed by atoms with Crippen molar-refractivity contribution in [3.8, 4) is 0 Å². The smallest absolute Gasteiger partial charge is 0.330 e. The van der Waals surface area contributed by atoms with Gasteiger partial charge in [-0.2, -0.15) is 0 Å². The van der Waals surface area contributed by atoms with E-state index >= 15 is 0 Å². The molecule has 0 aliphatic carbocycles. The predicted molar refractivity (Wildman–Crippen MR) is 76.7 cm³/mol. The molecule has 114 valence electrons. The molecule has 0 saturated heterocycles. The van der Waals surface area contributed by atoms with Gasteiger partial charge in [-0.3, -0.25) is 4.79 Å². The summed E-state index contributed by atoms with van der Waals surface area (Å²) in [7, 11) is 0. The molecule has 1 aromatic carbocycles. The molecule has 21 heavy (non-hydrogen) atoms. The number of benzene rings is 1. The van der Waals surface area contributed by atoms with Crippen LogP contribution in [0.25, 0.3) is 0 Å². The van der Waals surface area contributed by atoms with Gasteiger partial charge in [-0.25, -0.2) is 9.59 Å². The summed E-state index contributed by atoms with van der Waals surface area (Å²) >= 11 is 0. The third-order valence-corrected chi connectivity index (χ3v) is 2.67. The standard InChI is InChI=1S/C14H19N3O4/c1-2-15-11(18)8-9-16-14(21)17-12(13(19)20)10-6-4-3-5-7-10/h3-7,12H,2,8-9H2,1H3,(H,15,18)(H,19,20)(H2,16,17,21)/t12-/m1/s1. The molecule has 7 nitrogen and oxygen atoms in total. The molecular formula is C14H19N3O4.